The minimum absolute atomic E-state index is 0.0947. The highest BCUT2D eigenvalue weighted by Gasteiger charge is 2.21. The molecule has 0 radical (unpaired) electrons. The van der Waals surface area contributed by atoms with Gasteiger partial charge in [-0.3, -0.25) is 9.78 Å². The number of carbonyl (C=O) groups excluding carboxylic acids is 1. The lowest BCUT2D eigenvalue weighted by molar-refractivity contribution is -0.112. The highest BCUT2D eigenvalue weighted by atomic mass is 32.2. The fourth-order valence-electron chi connectivity index (χ4n) is 2.21. The third-order valence-corrected chi connectivity index (χ3v) is 4.85. The number of nitriles is 1. The van der Waals surface area contributed by atoms with Crippen LogP contribution < -0.4 is 5.32 Å². The minimum atomic E-state index is -3.46. The molecule has 3 rings (SSSR count). The molecule has 0 fully saturated rings. The molecule has 1 amide bonds. The van der Waals surface area contributed by atoms with Crippen LogP contribution in [0.5, 0.6) is 0 Å². The second-order valence-corrected chi connectivity index (χ2v) is 6.81. The van der Waals surface area contributed by atoms with E-state index in [2.05, 4.69) is 10.3 Å². The summed E-state index contributed by atoms with van der Waals surface area (Å²) in [6, 6.07) is 9.73. The number of anilines is 1. The summed E-state index contributed by atoms with van der Waals surface area (Å²) in [5, 5.41) is 12.8. The first kappa shape index (κ1) is 15.6. The maximum atomic E-state index is 12.2. The topological polar surface area (TPSA) is 99.9 Å². The number of aromatic nitrogens is 1. The van der Waals surface area contributed by atoms with Crippen LogP contribution in [-0.2, 0) is 14.6 Å². The molecule has 0 spiro atoms. The van der Waals surface area contributed by atoms with E-state index in [-0.39, 0.29) is 10.5 Å². The summed E-state index contributed by atoms with van der Waals surface area (Å²) in [6.07, 6.45) is 6.04. The molecular weight excluding hydrogens is 326 g/mol. The van der Waals surface area contributed by atoms with E-state index in [9.17, 15) is 18.5 Å². The van der Waals surface area contributed by atoms with Gasteiger partial charge in [0.05, 0.1) is 4.90 Å². The number of sulfone groups is 1. The summed E-state index contributed by atoms with van der Waals surface area (Å²) in [6.45, 7) is 0. The highest BCUT2D eigenvalue weighted by Crippen LogP contribution is 2.29. The molecule has 1 aliphatic rings. The molecule has 1 aliphatic heterocycles. The molecule has 0 bridgehead atoms. The molecule has 24 heavy (non-hydrogen) atoms. The van der Waals surface area contributed by atoms with Crippen LogP contribution in [0.4, 0.5) is 5.69 Å². The normalized spacial score (nSPS) is 14.7. The summed E-state index contributed by atoms with van der Waals surface area (Å²) in [4.78, 5) is 16.2. The smallest absolute Gasteiger partial charge is 0.266 e. The van der Waals surface area contributed by atoms with E-state index in [0.29, 0.717) is 16.8 Å². The summed E-state index contributed by atoms with van der Waals surface area (Å²) < 4.78 is 23.7. The molecule has 118 valence electrons. The molecule has 0 saturated carbocycles. The fourth-order valence-corrected chi connectivity index (χ4v) is 3.43. The number of amides is 1. The Bertz CT molecular complexity index is 1020. The zero-order valence-electron chi connectivity index (χ0n) is 12.3. The molecule has 1 aromatic carbocycles. The lowest BCUT2D eigenvalue weighted by atomic mass is 10.1. The van der Waals surface area contributed by atoms with Gasteiger partial charge in [-0.05, 0) is 47.5 Å². The van der Waals surface area contributed by atoms with Crippen molar-refractivity contribution in [1.82, 2.24) is 4.98 Å². The summed E-state index contributed by atoms with van der Waals surface area (Å²) in [5.74, 6) is -0.613. The molecule has 1 N–H and O–H groups in total. The predicted molar refractivity (Wildman–Crippen MR) is 89.1 cm³/mol. The number of nitrogens with one attached hydrogen (secondary N) is 1. The highest BCUT2D eigenvalue weighted by molar-refractivity contribution is 7.94. The predicted octanol–water partition coefficient (Wildman–Crippen LogP) is 2.39. The van der Waals surface area contributed by atoms with Gasteiger partial charge in [0, 0.05) is 23.5 Å². The van der Waals surface area contributed by atoms with E-state index in [0.717, 1.165) is 5.41 Å². The number of nitrogens with zero attached hydrogens (tertiary/aromatic N) is 2. The lowest BCUT2D eigenvalue weighted by Gasteiger charge is -2.06. The number of carbonyl (C=O) groups is 1. The molecule has 2 heterocycles. The van der Waals surface area contributed by atoms with Crippen molar-refractivity contribution in [2.75, 3.05) is 5.32 Å². The SMILES string of the molecule is N#CC(=Cc1ccncc1)C(=O)Nc1ccc2c(c1)S(=O)(=O)C=C2. The molecule has 7 heteroatoms. The zero-order chi connectivity index (χ0) is 17.2. The summed E-state index contributed by atoms with van der Waals surface area (Å²) >= 11 is 0. The Balaban J connectivity index is 1.85. The monoisotopic (exact) mass is 337 g/mol. The first-order valence-corrected chi connectivity index (χ1v) is 8.45. The van der Waals surface area contributed by atoms with Gasteiger partial charge in [-0.1, -0.05) is 6.07 Å². The second kappa shape index (κ2) is 6.10. The summed E-state index contributed by atoms with van der Waals surface area (Å²) in [7, 11) is -3.46. The van der Waals surface area contributed by atoms with E-state index < -0.39 is 15.7 Å². The first-order chi connectivity index (χ1) is 11.5. The van der Waals surface area contributed by atoms with Crippen LogP contribution in [0.3, 0.4) is 0 Å². The van der Waals surface area contributed by atoms with Crippen molar-refractivity contribution in [3.05, 3.63) is 64.8 Å². The van der Waals surface area contributed by atoms with Crippen molar-refractivity contribution < 1.29 is 13.2 Å². The lowest BCUT2D eigenvalue weighted by Crippen LogP contribution is -2.13. The number of fused-ring (bicyclic) bond motifs is 1. The van der Waals surface area contributed by atoms with Gasteiger partial charge >= 0.3 is 0 Å². The van der Waals surface area contributed by atoms with Crippen molar-refractivity contribution in [2.24, 2.45) is 0 Å². The van der Waals surface area contributed by atoms with E-state index in [1.165, 1.54) is 18.2 Å². The second-order valence-electron chi connectivity index (χ2n) is 5.00. The van der Waals surface area contributed by atoms with Gasteiger partial charge in [-0.25, -0.2) is 8.42 Å². The van der Waals surface area contributed by atoms with E-state index in [1.54, 1.807) is 36.7 Å². The van der Waals surface area contributed by atoms with Gasteiger partial charge in [0.2, 0.25) is 9.84 Å². The maximum Gasteiger partial charge on any atom is 0.266 e. The van der Waals surface area contributed by atoms with Crippen molar-refractivity contribution in [3.8, 4) is 6.07 Å². The van der Waals surface area contributed by atoms with Gasteiger partial charge in [0.25, 0.3) is 5.91 Å². The van der Waals surface area contributed by atoms with Gasteiger partial charge in [0.15, 0.2) is 0 Å². The molecule has 6 nitrogen and oxygen atoms in total. The van der Waals surface area contributed by atoms with Crippen LogP contribution in [0.1, 0.15) is 11.1 Å². The molecule has 0 saturated heterocycles. The van der Waals surface area contributed by atoms with Gasteiger partial charge in [0.1, 0.15) is 11.6 Å². The number of hydrogen-bond donors (Lipinski definition) is 1. The van der Waals surface area contributed by atoms with Crippen LogP contribution in [0, 0.1) is 11.3 Å². The number of hydrogen-bond acceptors (Lipinski definition) is 5. The molecule has 1 aromatic heterocycles. The van der Waals surface area contributed by atoms with Gasteiger partial charge in [-0.15, -0.1) is 0 Å². The Labute approximate surface area is 138 Å². The average molecular weight is 337 g/mol. The summed E-state index contributed by atoms with van der Waals surface area (Å²) in [5.41, 5.74) is 1.45. The molecule has 0 atom stereocenters. The maximum absolute atomic E-state index is 12.2. The first-order valence-electron chi connectivity index (χ1n) is 6.90. The van der Waals surface area contributed by atoms with Crippen molar-refractivity contribution in [2.45, 2.75) is 4.90 Å². The Morgan fingerprint density at radius 2 is 1.96 bits per heavy atom. The van der Waals surface area contributed by atoms with Crippen molar-refractivity contribution in [3.63, 3.8) is 0 Å². The number of benzene rings is 1. The van der Waals surface area contributed by atoms with E-state index in [4.69, 9.17) is 0 Å². The molecular formula is C17H11N3O3S. The largest absolute Gasteiger partial charge is 0.321 e. The van der Waals surface area contributed by atoms with Crippen molar-refractivity contribution >= 4 is 33.6 Å². The molecule has 0 aliphatic carbocycles. The number of pyridine rings is 1. The molecule has 2 aromatic rings. The van der Waals surface area contributed by atoms with E-state index in [1.807, 2.05) is 6.07 Å². The Kier molecular flexibility index (Phi) is 3.98. The number of rotatable bonds is 3. The van der Waals surface area contributed by atoms with Crippen LogP contribution in [0.2, 0.25) is 0 Å². The third kappa shape index (κ3) is 3.09. The Hall–Kier alpha value is -3.24. The minimum Gasteiger partial charge on any atom is -0.321 e. The quantitative estimate of drug-likeness (QED) is 0.684. The fraction of sp³-hybridized carbons (Fsp3) is 0. The van der Waals surface area contributed by atoms with Crippen molar-refractivity contribution in [1.29, 1.82) is 5.26 Å². The Morgan fingerprint density at radius 3 is 2.67 bits per heavy atom. The van der Waals surface area contributed by atoms with Crippen LogP contribution in [-0.4, -0.2) is 19.3 Å². The van der Waals surface area contributed by atoms with Crippen LogP contribution in [0.15, 0.2) is 58.6 Å². The Morgan fingerprint density at radius 1 is 1.21 bits per heavy atom. The van der Waals surface area contributed by atoms with E-state index >= 15 is 0 Å². The van der Waals surface area contributed by atoms with Gasteiger partial charge in [-0.2, -0.15) is 5.26 Å². The zero-order valence-corrected chi connectivity index (χ0v) is 13.1. The third-order valence-electron chi connectivity index (χ3n) is 3.39. The standard InChI is InChI=1S/C17H11N3O3S/c18-11-14(9-12-3-6-19-7-4-12)17(21)20-15-2-1-13-5-8-24(22,23)16(13)10-15/h1-10H,(H,20,21). The average Bonchev–Trinajstić information content (AvgIpc) is 2.88. The van der Waals surface area contributed by atoms with Crippen LogP contribution in [0.25, 0.3) is 12.2 Å². The van der Waals surface area contributed by atoms with Crippen LogP contribution >= 0.6 is 0 Å². The molecule has 0 unspecified atom stereocenters. The van der Waals surface area contributed by atoms with Gasteiger partial charge < -0.3 is 5.32 Å².